The van der Waals surface area contributed by atoms with E-state index in [-0.39, 0.29) is 23.5 Å². The third-order valence-electron chi connectivity index (χ3n) is 3.58. The molecule has 0 bridgehead atoms. The number of amides is 2. The first-order chi connectivity index (χ1) is 9.56. The lowest BCUT2D eigenvalue weighted by Crippen LogP contribution is -2.31. The minimum atomic E-state index is -0.354. The highest BCUT2D eigenvalue weighted by molar-refractivity contribution is 9.10. The minimum Gasteiger partial charge on any atom is -0.450 e. The standard InChI is InChI=1S/C14H13BrN2O3/c15-10-3-1-2-8-6-11(20-12(8)10)14(19)17-5-4-9(7-17)13(16)18/h1-3,6,9H,4-5,7H2,(H2,16,18). The van der Waals surface area contributed by atoms with Crippen LogP contribution in [0.2, 0.25) is 0 Å². The van der Waals surface area contributed by atoms with Gasteiger partial charge >= 0.3 is 0 Å². The average Bonchev–Trinajstić information content (AvgIpc) is 3.05. The van der Waals surface area contributed by atoms with E-state index in [1.165, 1.54) is 0 Å². The van der Waals surface area contributed by atoms with Crippen molar-refractivity contribution < 1.29 is 14.0 Å². The Morgan fingerprint density at radius 2 is 2.20 bits per heavy atom. The zero-order valence-electron chi connectivity index (χ0n) is 10.6. The highest BCUT2D eigenvalue weighted by Crippen LogP contribution is 2.28. The van der Waals surface area contributed by atoms with Gasteiger partial charge in [-0.2, -0.15) is 0 Å². The third-order valence-corrected chi connectivity index (χ3v) is 4.21. The van der Waals surface area contributed by atoms with Crippen molar-refractivity contribution in [1.29, 1.82) is 0 Å². The lowest BCUT2D eigenvalue weighted by molar-refractivity contribution is -0.121. The summed E-state index contributed by atoms with van der Waals surface area (Å²) in [4.78, 5) is 25.1. The lowest BCUT2D eigenvalue weighted by Gasteiger charge is -2.13. The molecule has 2 aromatic rings. The number of nitrogens with two attached hydrogens (primary N) is 1. The first kappa shape index (κ1) is 13.2. The largest absolute Gasteiger partial charge is 0.450 e. The van der Waals surface area contributed by atoms with Gasteiger partial charge in [-0.25, -0.2) is 0 Å². The number of halogens is 1. The smallest absolute Gasteiger partial charge is 0.289 e. The molecule has 104 valence electrons. The Hall–Kier alpha value is -1.82. The molecule has 1 unspecified atom stereocenters. The Balaban J connectivity index is 1.86. The van der Waals surface area contributed by atoms with E-state index in [1.807, 2.05) is 18.2 Å². The molecule has 2 N–H and O–H groups in total. The number of hydrogen-bond donors (Lipinski definition) is 1. The van der Waals surface area contributed by atoms with Crippen LogP contribution in [0.15, 0.2) is 33.2 Å². The number of primary amides is 1. The molecule has 0 spiro atoms. The number of nitrogens with zero attached hydrogens (tertiary/aromatic N) is 1. The molecule has 0 aliphatic carbocycles. The average molecular weight is 337 g/mol. The van der Waals surface area contributed by atoms with Crippen LogP contribution in [-0.4, -0.2) is 29.8 Å². The number of benzene rings is 1. The number of rotatable bonds is 2. The van der Waals surface area contributed by atoms with Crippen LogP contribution in [0.4, 0.5) is 0 Å². The molecule has 1 aromatic carbocycles. The molecule has 0 radical (unpaired) electrons. The van der Waals surface area contributed by atoms with Crippen molar-refractivity contribution in [2.24, 2.45) is 11.7 Å². The number of hydrogen-bond acceptors (Lipinski definition) is 3. The van der Waals surface area contributed by atoms with Crippen molar-refractivity contribution in [2.75, 3.05) is 13.1 Å². The van der Waals surface area contributed by atoms with Crippen LogP contribution in [0.5, 0.6) is 0 Å². The van der Waals surface area contributed by atoms with Gasteiger partial charge in [0, 0.05) is 18.5 Å². The maximum atomic E-state index is 12.4. The van der Waals surface area contributed by atoms with E-state index in [2.05, 4.69) is 15.9 Å². The zero-order valence-corrected chi connectivity index (χ0v) is 12.2. The SMILES string of the molecule is NC(=O)C1CCN(C(=O)c2cc3cccc(Br)c3o2)C1. The summed E-state index contributed by atoms with van der Waals surface area (Å²) in [6, 6.07) is 7.35. The van der Waals surface area contributed by atoms with Crippen molar-refractivity contribution in [2.45, 2.75) is 6.42 Å². The molecule has 1 saturated heterocycles. The van der Waals surface area contributed by atoms with Gasteiger partial charge in [-0.3, -0.25) is 9.59 Å². The predicted octanol–water partition coefficient (Wildman–Crippen LogP) is 2.14. The fraction of sp³-hybridized carbons (Fsp3) is 0.286. The fourth-order valence-electron chi connectivity index (χ4n) is 2.47. The van der Waals surface area contributed by atoms with Crippen molar-refractivity contribution in [3.8, 4) is 0 Å². The maximum Gasteiger partial charge on any atom is 0.289 e. The van der Waals surface area contributed by atoms with Crippen LogP contribution in [0.1, 0.15) is 17.0 Å². The summed E-state index contributed by atoms with van der Waals surface area (Å²) in [5.41, 5.74) is 5.93. The first-order valence-corrected chi connectivity index (χ1v) is 7.12. The molecule has 1 aliphatic heterocycles. The molecule has 2 heterocycles. The number of carbonyl (C=O) groups is 2. The number of para-hydroxylation sites is 1. The summed E-state index contributed by atoms with van der Waals surface area (Å²) in [5.74, 6) is -0.517. The van der Waals surface area contributed by atoms with Gasteiger partial charge in [0.25, 0.3) is 5.91 Å². The summed E-state index contributed by atoms with van der Waals surface area (Å²) in [7, 11) is 0. The van der Waals surface area contributed by atoms with E-state index in [0.29, 0.717) is 25.1 Å². The minimum absolute atomic E-state index is 0.197. The number of likely N-dealkylation sites (tertiary alicyclic amines) is 1. The van der Waals surface area contributed by atoms with Crippen LogP contribution in [0.3, 0.4) is 0 Å². The number of carbonyl (C=O) groups excluding carboxylic acids is 2. The molecule has 6 heteroatoms. The Bertz CT molecular complexity index is 695. The first-order valence-electron chi connectivity index (χ1n) is 6.33. The summed E-state index contributed by atoms with van der Waals surface area (Å²) < 4.78 is 6.43. The lowest BCUT2D eigenvalue weighted by atomic mass is 10.1. The van der Waals surface area contributed by atoms with E-state index in [0.717, 1.165) is 9.86 Å². The molecule has 0 saturated carbocycles. The molecule has 1 aliphatic rings. The maximum absolute atomic E-state index is 12.4. The van der Waals surface area contributed by atoms with Gasteiger partial charge in [0.15, 0.2) is 5.76 Å². The quantitative estimate of drug-likeness (QED) is 0.912. The van der Waals surface area contributed by atoms with E-state index < -0.39 is 0 Å². The van der Waals surface area contributed by atoms with Gasteiger partial charge in [-0.15, -0.1) is 0 Å². The molecular formula is C14H13BrN2O3. The van der Waals surface area contributed by atoms with Crippen molar-refractivity contribution in [3.63, 3.8) is 0 Å². The highest BCUT2D eigenvalue weighted by atomic mass is 79.9. The predicted molar refractivity (Wildman–Crippen MR) is 77.1 cm³/mol. The Kier molecular flexibility index (Phi) is 3.25. The summed E-state index contributed by atoms with van der Waals surface area (Å²) in [5, 5.41) is 0.869. The van der Waals surface area contributed by atoms with E-state index in [9.17, 15) is 9.59 Å². The summed E-state index contributed by atoms with van der Waals surface area (Å²) in [6.07, 6.45) is 0.616. The summed E-state index contributed by atoms with van der Waals surface area (Å²) >= 11 is 3.39. The van der Waals surface area contributed by atoms with E-state index in [4.69, 9.17) is 10.2 Å². The Morgan fingerprint density at radius 3 is 2.85 bits per heavy atom. The normalized spacial score (nSPS) is 18.6. The van der Waals surface area contributed by atoms with Gasteiger partial charge in [-0.05, 0) is 34.5 Å². The van der Waals surface area contributed by atoms with Gasteiger partial charge < -0.3 is 15.1 Å². The van der Waals surface area contributed by atoms with Crippen molar-refractivity contribution in [3.05, 3.63) is 34.5 Å². The zero-order chi connectivity index (χ0) is 14.3. The molecule has 20 heavy (non-hydrogen) atoms. The molecular weight excluding hydrogens is 324 g/mol. The molecule has 2 amide bonds. The second kappa shape index (κ2) is 4.94. The van der Waals surface area contributed by atoms with Gasteiger partial charge in [0.05, 0.1) is 10.4 Å². The van der Waals surface area contributed by atoms with E-state index >= 15 is 0 Å². The van der Waals surface area contributed by atoms with E-state index in [1.54, 1.807) is 11.0 Å². The topological polar surface area (TPSA) is 76.5 Å². The number of fused-ring (bicyclic) bond motifs is 1. The van der Waals surface area contributed by atoms with Crippen LogP contribution in [-0.2, 0) is 4.79 Å². The molecule has 1 atom stereocenters. The van der Waals surface area contributed by atoms with Crippen LogP contribution < -0.4 is 5.73 Å². The van der Waals surface area contributed by atoms with Crippen LogP contribution in [0, 0.1) is 5.92 Å². The van der Waals surface area contributed by atoms with Crippen LogP contribution in [0.25, 0.3) is 11.0 Å². The fourth-order valence-corrected chi connectivity index (χ4v) is 2.93. The Morgan fingerprint density at radius 1 is 1.40 bits per heavy atom. The molecule has 1 aromatic heterocycles. The second-order valence-electron chi connectivity index (χ2n) is 4.91. The molecule has 5 nitrogen and oxygen atoms in total. The molecule has 1 fully saturated rings. The van der Waals surface area contributed by atoms with Gasteiger partial charge in [0.2, 0.25) is 5.91 Å². The monoisotopic (exact) mass is 336 g/mol. The van der Waals surface area contributed by atoms with Gasteiger partial charge in [-0.1, -0.05) is 12.1 Å². The number of furan rings is 1. The highest BCUT2D eigenvalue weighted by Gasteiger charge is 2.31. The Labute approximate surface area is 123 Å². The second-order valence-corrected chi connectivity index (χ2v) is 5.76. The van der Waals surface area contributed by atoms with Gasteiger partial charge in [0.1, 0.15) is 5.58 Å². The third kappa shape index (κ3) is 2.20. The molecule has 3 rings (SSSR count). The summed E-state index contributed by atoms with van der Waals surface area (Å²) in [6.45, 7) is 0.900. The van der Waals surface area contributed by atoms with Crippen LogP contribution >= 0.6 is 15.9 Å². The van der Waals surface area contributed by atoms with Crippen molar-refractivity contribution >= 4 is 38.7 Å². The van der Waals surface area contributed by atoms with Crippen molar-refractivity contribution in [1.82, 2.24) is 4.90 Å².